The van der Waals surface area contributed by atoms with Crippen molar-refractivity contribution in [1.29, 1.82) is 0 Å². The van der Waals surface area contributed by atoms with Gasteiger partial charge in [-0.2, -0.15) is 0 Å². The molecule has 4 aromatic carbocycles. The number of benzene rings is 4. The highest BCUT2D eigenvalue weighted by Gasteiger charge is 2.44. The molecule has 1 fully saturated rings. The van der Waals surface area contributed by atoms with E-state index in [9.17, 15) is 0 Å². The average molecular weight is 633 g/mol. The number of hydrogen-bond donors (Lipinski definition) is 0. The number of ether oxygens (including phenoxy) is 2. The van der Waals surface area contributed by atoms with Crippen molar-refractivity contribution in [1.82, 2.24) is 0 Å². The lowest BCUT2D eigenvalue weighted by Crippen LogP contribution is -2.29. The largest absolute Gasteiger partial charge is 0.496 e. The Hall–Kier alpha value is -3.92. The van der Waals surface area contributed by atoms with Crippen LogP contribution in [-0.4, -0.2) is 20.9 Å². The zero-order valence-electron chi connectivity index (χ0n) is 30.8. The molecule has 0 unspecified atom stereocenters. The van der Waals surface area contributed by atoms with Gasteiger partial charge in [0.25, 0.3) is 0 Å². The summed E-state index contributed by atoms with van der Waals surface area (Å²) < 4.78 is 12.1. The fourth-order valence-electron chi connectivity index (χ4n) is 7.26. The molecule has 4 aromatic rings. The first kappa shape index (κ1) is 34.4. The number of rotatable bonds is 8. The zero-order chi connectivity index (χ0) is 34.3. The molecule has 250 valence electrons. The molecule has 4 nitrogen and oxygen atoms in total. The molecule has 0 radical (unpaired) electrons. The molecule has 0 bridgehead atoms. The Balaban J connectivity index is 1.86. The van der Waals surface area contributed by atoms with Gasteiger partial charge in [0.15, 0.2) is 0 Å². The normalized spacial score (nSPS) is 17.1. The lowest BCUT2D eigenvalue weighted by atomic mass is 9.83. The molecule has 4 heteroatoms. The summed E-state index contributed by atoms with van der Waals surface area (Å²) in [7, 11) is 3.60. The van der Waals surface area contributed by atoms with E-state index in [4.69, 9.17) is 9.47 Å². The quantitative estimate of drug-likeness (QED) is 0.193. The molecule has 5 rings (SSSR count). The summed E-state index contributed by atoms with van der Waals surface area (Å²) in [6.07, 6.45) is 0. The van der Waals surface area contributed by atoms with Crippen LogP contribution in [0.3, 0.4) is 0 Å². The van der Waals surface area contributed by atoms with Crippen molar-refractivity contribution in [2.45, 2.75) is 104 Å². The van der Waals surface area contributed by atoms with Gasteiger partial charge in [-0.1, -0.05) is 130 Å². The summed E-state index contributed by atoms with van der Waals surface area (Å²) in [6.45, 7) is 23.6. The third-order valence-electron chi connectivity index (χ3n) is 9.73. The minimum absolute atomic E-state index is 0.0671. The van der Waals surface area contributed by atoms with Crippen molar-refractivity contribution in [3.8, 4) is 11.5 Å². The standard InChI is InChI=1S/C43H56N2O2/c1-28(2)32-23-38(46-11)34(42(5,6)7)25-36(32)44-27-45(37-26-35(43(8,9)10)39(47-12)24-33(37)29(3)4)41(31-21-17-14-18-22-31)40(44)30-19-15-13-16-20-30/h13-26,28-29,40-41H,27H2,1-12H3/t40-,41-/m1/s1. The first-order chi connectivity index (χ1) is 22.2. The summed E-state index contributed by atoms with van der Waals surface area (Å²) in [5, 5.41) is 0. The van der Waals surface area contributed by atoms with Crippen molar-refractivity contribution in [3.05, 3.63) is 118 Å². The summed E-state index contributed by atoms with van der Waals surface area (Å²) in [4.78, 5) is 5.34. The van der Waals surface area contributed by atoms with Gasteiger partial charge in [-0.3, -0.25) is 0 Å². The molecule has 2 atom stereocenters. The number of anilines is 2. The van der Waals surface area contributed by atoms with Crippen LogP contribution in [0, 0.1) is 0 Å². The van der Waals surface area contributed by atoms with Crippen LogP contribution >= 0.6 is 0 Å². The van der Waals surface area contributed by atoms with Gasteiger partial charge in [-0.15, -0.1) is 0 Å². The van der Waals surface area contributed by atoms with Gasteiger partial charge in [0.05, 0.1) is 33.0 Å². The first-order valence-corrected chi connectivity index (χ1v) is 17.2. The molecule has 0 aromatic heterocycles. The highest BCUT2D eigenvalue weighted by Crippen LogP contribution is 2.53. The molecule has 0 saturated carbocycles. The lowest BCUT2D eigenvalue weighted by Gasteiger charge is -2.34. The highest BCUT2D eigenvalue weighted by atomic mass is 16.5. The van der Waals surface area contributed by atoms with Crippen molar-refractivity contribution in [3.63, 3.8) is 0 Å². The van der Waals surface area contributed by atoms with Crippen LogP contribution in [-0.2, 0) is 10.8 Å². The van der Waals surface area contributed by atoms with E-state index >= 15 is 0 Å². The molecule has 1 heterocycles. The van der Waals surface area contributed by atoms with Crippen LogP contribution in [0.2, 0.25) is 0 Å². The fraction of sp³-hybridized carbons (Fsp3) is 0.442. The zero-order valence-corrected chi connectivity index (χ0v) is 30.8. The van der Waals surface area contributed by atoms with E-state index in [0.29, 0.717) is 11.8 Å². The molecule has 0 spiro atoms. The molecule has 1 aliphatic heterocycles. The maximum atomic E-state index is 6.04. The van der Waals surface area contributed by atoms with Crippen molar-refractivity contribution in [2.75, 3.05) is 30.7 Å². The monoisotopic (exact) mass is 632 g/mol. The third kappa shape index (κ3) is 6.75. The number of hydrogen-bond acceptors (Lipinski definition) is 4. The van der Waals surface area contributed by atoms with Crippen LogP contribution in [0.25, 0.3) is 0 Å². The summed E-state index contributed by atoms with van der Waals surface area (Å²) >= 11 is 0. The molecule has 0 aliphatic carbocycles. The smallest absolute Gasteiger partial charge is 0.123 e. The van der Waals surface area contributed by atoms with Gasteiger partial charge >= 0.3 is 0 Å². The topological polar surface area (TPSA) is 24.9 Å². The Labute approximate surface area is 284 Å². The van der Waals surface area contributed by atoms with E-state index in [-0.39, 0.29) is 22.9 Å². The van der Waals surface area contributed by atoms with E-state index in [1.807, 2.05) is 0 Å². The second kappa shape index (κ2) is 13.3. The maximum absolute atomic E-state index is 6.04. The van der Waals surface area contributed by atoms with Gasteiger partial charge < -0.3 is 19.3 Å². The van der Waals surface area contributed by atoms with Crippen molar-refractivity contribution < 1.29 is 9.47 Å². The van der Waals surface area contributed by atoms with Gasteiger partial charge in [0, 0.05) is 22.5 Å². The van der Waals surface area contributed by atoms with Crippen LogP contribution < -0.4 is 19.3 Å². The molecule has 1 saturated heterocycles. The van der Waals surface area contributed by atoms with E-state index < -0.39 is 0 Å². The van der Waals surface area contributed by atoms with E-state index in [0.717, 1.165) is 18.2 Å². The predicted molar refractivity (Wildman–Crippen MR) is 200 cm³/mol. The Bertz CT molecular complexity index is 1540. The molecular weight excluding hydrogens is 576 g/mol. The highest BCUT2D eigenvalue weighted by molar-refractivity contribution is 5.70. The Morgan fingerprint density at radius 2 is 0.894 bits per heavy atom. The Morgan fingerprint density at radius 1 is 0.553 bits per heavy atom. The minimum atomic E-state index is -0.0848. The van der Waals surface area contributed by atoms with E-state index in [1.54, 1.807) is 14.2 Å². The molecule has 0 N–H and O–H groups in total. The second-order valence-electron chi connectivity index (χ2n) is 15.8. The molecular formula is C43H56N2O2. The van der Waals surface area contributed by atoms with Gasteiger partial charge in [-0.05, 0) is 69.2 Å². The predicted octanol–water partition coefficient (Wildman–Crippen LogP) is 11.3. The van der Waals surface area contributed by atoms with Gasteiger partial charge in [0.2, 0.25) is 0 Å². The maximum Gasteiger partial charge on any atom is 0.123 e. The minimum Gasteiger partial charge on any atom is -0.496 e. The van der Waals surface area contributed by atoms with Crippen molar-refractivity contribution in [2.24, 2.45) is 0 Å². The average Bonchev–Trinajstić information content (AvgIpc) is 3.43. The number of nitrogens with zero attached hydrogens (tertiary/aromatic N) is 2. The summed E-state index contributed by atoms with van der Waals surface area (Å²) in [6, 6.07) is 31.8. The number of methoxy groups -OCH3 is 2. The SMILES string of the molecule is COc1cc(C(C)C)c(N2CN(c3cc(C(C)(C)C)c(OC)cc3C(C)C)[C@H](c3ccccc3)[C@H]2c2ccccc2)cc1C(C)(C)C. The van der Waals surface area contributed by atoms with Crippen LogP contribution in [0.5, 0.6) is 11.5 Å². The fourth-order valence-corrected chi connectivity index (χ4v) is 7.26. The van der Waals surface area contributed by atoms with Crippen LogP contribution in [0.15, 0.2) is 84.9 Å². The molecule has 1 aliphatic rings. The second-order valence-corrected chi connectivity index (χ2v) is 15.8. The lowest BCUT2D eigenvalue weighted by molar-refractivity contribution is 0.396. The van der Waals surface area contributed by atoms with E-state index in [2.05, 4.69) is 164 Å². The summed E-state index contributed by atoms with van der Waals surface area (Å²) in [5.74, 6) is 2.55. The Morgan fingerprint density at radius 3 is 1.17 bits per heavy atom. The Kier molecular flexibility index (Phi) is 9.74. The van der Waals surface area contributed by atoms with Gasteiger partial charge in [0.1, 0.15) is 11.5 Å². The third-order valence-corrected chi connectivity index (χ3v) is 9.73. The summed E-state index contributed by atoms with van der Waals surface area (Å²) in [5.41, 5.74) is 10.1. The van der Waals surface area contributed by atoms with E-state index in [1.165, 1.54) is 44.8 Å². The molecule has 47 heavy (non-hydrogen) atoms. The first-order valence-electron chi connectivity index (χ1n) is 17.2. The van der Waals surface area contributed by atoms with Crippen molar-refractivity contribution >= 4 is 11.4 Å². The molecule has 0 amide bonds. The van der Waals surface area contributed by atoms with Gasteiger partial charge in [-0.25, -0.2) is 0 Å². The van der Waals surface area contributed by atoms with Crippen LogP contribution in [0.4, 0.5) is 11.4 Å². The van der Waals surface area contributed by atoms with Crippen LogP contribution in [0.1, 0.15) is 127 Å².